The first-order chi connectivity index (χ1) is 10.2. The number of benzene rings is 1. The van der Waals surface area contributed by atoms with Crippen LogP contribution in [0.1, 0.15) is 44.6 Å². The Morgan fingerprint density at radius 3 is 3.10 bits per heavy atom. The summed E-state index contributed by atoms with van der Waals surface area (Å²) in [6.45, 7) is 4.16. The lowest BCUT2D eigenvalue weighted by atomic mass is 10.1. The number of nitrogens with zero attached hydrogens (tertiary/aromatic N) is 2. The van der Waals surface area contributed by atoms with Crippen LogP contribution in [0.25, 0.3) is 0 Å². The smallest absolute Gasteiger partial charge is 0.225 e. The van der Waals surface area contributed by atoms with E-state index in [1.165, 1.54) is 25.7 Å². The third-order valence-electron chi connectivity index (χ3n) is 4.09. The molecule has 0 radical (unpaired) electrons. The Balaban J connectivity index is 1.82. The maximum atomic E-state index is 12.0. The van der Waals surface area contributed by atoms with E-state index in [0.717, 1.165) is 13.1 Å². The van der Waals surface area contributed by atoms with E-state index in [1.807, 2.05) is 6.07 Å². The van der Waals surface area contributed by atoms with Gasteiger partial charge in [-0.25, -0.2) is 0 Å². The van der Waals surface area contributed by atoms with Crippen LogP contribution in [0.5, 0.6) is 0 Å². The molecular formula is C17H23N3O. The van der Waals surface area contributed by atoms with Crippen molar-refractivity contribution in [2.45, 2.75) is 45.1 Å². The molecule has 4 heteroatoms. The van der Waals surface area contributed by atoms with Crippen LogP contribution < -0.4 is 5.32 Å². The molecule has 1 N–H and O–H groups in total. The quantitative estimate of drug-likeness (QED) is 0.924. The number of carbonyl (C=O) groups is 1. The molecule has 1 amide bonds. The van der Waals surface area contributed by atoms with Gasteiger partial charge in [0.05, 0.1) is 11.6 Å². The van der Waals surface area contributed by atoms with Gasteiger partial charge in [0.1, 0.15) is 0 Å². The van der Waals surface area contributed by atoms with Gasteiger partial charge in [-0.1, -0.05) is 18.9 Å². The number of anilines is 1. The molecule has 112 valence electrons. The molecular weight excluding hydrogens is 262 g/mol. The second-order valence-electron chi connectivity index (χ2n) is 5.73. The topological polar surface area (TPSA) is 56.1 Å². The molecule has 1 atom stereocenters. The van der Waals surface area contributed by atoms with Crippen LogP contribution in [-0.4, -0.2) is 29.9 Å². The summed E-state index contributed by atoms with van der Waals surface area (Å²) in [6.07, 6.45) is 5.56. The Bertz CT molecular complexity index is 521. The van der Waals surface area contributed by atoms with Crippen LogP contribution in [-0.2, 0) is 4.79 Å². The van der Waals surface area contributed by atoms with Gasteiger partial charge < -0.3 is 10.2 Å². The fraction of sp³-hybridized carbons (Fsp3) is 0.529. The van der Waals surface area contributed by atoms with Gasteiger partial charge in [0.25, 0.3) is 0 Å². The molecule has 1 aromatic carbocycles. The van der Waals surface area contributed by atoms with Crippen LogP contribution in [0.3, 0.4) is 0 Å². The van der Waals surface area contributed by atoms with Crippen molar-refractivity contribution < 1.29 is 4.79 Å². The van der Waals surface area contributed by atoms with Gasteiger partial charge in [-0.15, -0.1) is 0 Å². The summed E-state index contributed by atoms with van der Waals surface area (Å²) < 4.78 is 0. The molecule has 1 fully saturated rings. The highest BCUT2D eigenvalue weighted by atomic mass is 16.1. The standard InChI is InChI=1S/C17H23N3O/c1-14-6-3-2-4-10-20(14)11-9-17(21)19-16-8-5-7-15(12-16)13-18/h5,7-8,12,14H,2-4,6,9-11H2,1H3,(H,19,21). The van der Waals surface area contributed by atoms with E-state index in [1.54, 1.807) is 18.2 Å². The van der Waals surface area contributed by atoms with E-state index in [0.29, 0.717) is 23.7 Å². The van der Waals surface area contributed by atoms with Crippen molar-refractivity contribution in [1.29, 1.82) is 5.26 Å². The molecule has 0 spiro atoms. The highest BCUT2D eigenvalue weighted by Gasteiger charge is 2.17. The fourth-order valence-electron chi connectivity index (χ4n) is 2.80. The molecule has 1 unspecified atom stereocenters. The van der Waals surface area contributed by atoms with Crippen molar-refractivity contribution in [3.8, 4) is 6.07 Å². The van der Waals surface area contributed by atoms with Crippen molar-refractivity contribution in [3.05, 3.63) is 29.8 Å². The summed E-state index contributed by atoms with van der Waals surface area (Å²) in [5, 5.41) is 11.7. The Morgan fingerprint density at radius 1 is 1.43 bits per heavy atom. The summed E-state index contributed by atoms with van der Waals surface area (Å²) >= 11 is 0. The third kappa shape index (κ3) is 4.87. The summed E-state index contributed by atoms with van der Waals surface area (Å²) in [5.74, 6) is 0.0153. The minimum atomic E-state index is 0.0153. The SMILES string of the molecule is CC1CCCCCN1CCC(=O)Nc1cccc(C#N)c1. The molecule has 1 heterocycles. The lowest BCUT2D eigenvalue weighted by molar-refractivity contribution is -0.116. The molecule has 0 aliphatic carbocycles. The number of hydrogen-bond donors (Lipinski definition) is 1. The molecule has 1 aliphatic rings. The normalized spacial score (nSPS) is 19.5. The van der Waals surface area contributed by atoms with Gasteiger partial charge in [0.2, 0.25) is 5.91 Å². The molecule has 0 bridgehead atoms. The Morgan fingerprint density at radius 2 is 2.29 bits per heavy atom. The van der Waals surface area contributed by atoms with E-state index in [9.17, 15) is 4.79 Å². The van der Waals surface area contributed by atoms with Crippen LogP contribution in [0.2, 0.25) is 0 Å². The predicted octanol–water partition coefficient (Wildman–Crippen LogP) is 3.15. The van der Waals surface area contributed by atoms with Crippen LogP contribution in [0.4, 0.5) is 5.69 Å². The van der Waals surface area contributed by atoms with Crippen molar-refractivity contribution in [1.82, 2.24) is 4.90 Å². The highest BCUT2D eigenvalue weighted by Crippen LogP contribution is 2.16. The lowest BCUT2D eigenvalue weighted by Gasteiger charge is -2.26. The van der Waals surface area contributed by atoms with Gasteiger partial charge in [-0.3, -0.25) is 4.79 Å². The second-order valence-corrected chi connectivity index (χ2v) is 5.73. The number of hydrogen-bond acceptors (Lipinski definition) is 3. The third-order valence-corrected chi connectivity index (χ3v) is 4.09. The Hall–Kier alpha value is -1.86. The number of nitriles is 1. The average molecular weight is 285 g/mol. The fourth-order valence-corrected chi connectivity index (χ4v) is 2.80. The molecule has 0 aromatic heterocycles. The first kappa shape index (κ1) is 15.5. The number of likely N-dealkylation sites (tertiary alicyclic amines) is 1. The summed E-state index contributed by atoms with van der Waals surface area (Å²) in [4.78, 5) is 14.4. The summed E-state index contributed by atoms with van der Waals surface area (Å²) in [6, 6.07) is 9.68. The highest BCUT2D eigenvalue weighted by molar-refractivity contribution is 5.90. The van der Waals surface area contributed by atoms with Crippen molar-refractivity contribution >= 4 is 11.6 Å². The van der Waals surface area contributed by atoms with Crippen molar-refractivity contribution in [2.24, 2.45) is 0 Å². The second kappa shape index (κ2) is 7.80. The monoisotopic (exact) mass is 285 g/mol. The number of carbonyl (C=O) groups excluding carboxylic acids is 1. The zero-order valence-corrected chi connectivity index (χ0v) is 12.6. The largest absolute Gasteiger partial charge is 0.326 e. The summed E-state index contributed by atoms with van der Waals surface area (Å²) in [5.41, 5.74) is 1.26. The predicted molar refractivity (Wildman–Crippen MR) is 83.9 cm³/mol. The maximum Gasteiger partial charge on any atom is 0.225 e. The van der Waals surface area contributed by atoms with Crippen LogP contribution in [0.15, 0.2) is 24.3 Å². The Labute approximate surface area is 126 Å². The maximum absolute atomic E-state index is 12.0. The van der Waals surface area contributed by atoms with Crippen molar-refractivity contribution in [2.75, 3.05) is 18.4 Å². The van der Waals surface area contributed by atoms with E-state index < -0.39 is 0 Å². The van der Waals surface area contributed by atoms with Crippen LogP contribution >= 0.6 is 0 Å². The van der Waals surface area contributed by atoms with Crippen LogP contribution in [0, 0.1) is 11.3 Å². The molecule has 1 saturated heterocycles. The summed E-state index contributed by atoms with van der Waals surface area (Å²) in [7, 11) is 0. The Kier molecular flexibility index (Phi) is 5.77. The molecule has 21 heavy (non-hydrogen) atoms. The van der Waals surface area contributed by atoms with Gasteiger partial charge in [-0.05, 0) is 44.5 Å². The zero-order chi connectivity index (χ0) is 15.1. The average Bonchev–Trinajstić information content (AvgIpc) is 2.70. The number of amides is 1. The molecule has 2 rings (SSSR count). The molecule has 1 aliphatic heterocycles. The zero-order valence-electron chi connectivity index (χ0n) is 12.6. The molecule has 1 aromatic rings. The number of rotatable bonds is 4. The van der Waals surface area contributed by atoms with Gasteiger partial charge in [-0.2, -0.15) is 5.26 Å². The molecule has 0 saturated carbocycles. The first-order valence-electron chi connectivity index (χ1n) is 7.73. The van der Waals surface area contributed by atoms with Gasteiger partial charge in [0, 0.05) is 24.7 Å². The minimum Gasteiger partial charge on any atom is -0.326 e. The first-order valence-corrected chi connectivity index (χ1v) is 7.73. The van der Waals surface area contributed by atoms with E-state index >= 15 is 0 Å². The minimum absolute atomic E-state index is 0.0153. The van der Waals surface area contributed by atoms with Crippen molar-refractivity contribution in [3.63, 3.8) is 0 Å². The van der Waals surface area contributed by atoms with E-state index in [4.69, 9.17) is 5.26 Å². The molecule has 4 nitrogen and oxygen atoms in total. The van der Waals surface area contributed by atoms with E-state index in [-0.39, 0.29) is 5.91 Å². The number of nitrogens with one attached hydrogen (secondary N) is 1. The lowest BCUT2D eigenvalue weighted by Crippen LogP contribution is -2.35. The van der Waals surface area contributed by atoms with Gasteiger partial charge >= 0.3 is 0 Å². The van der Waals surface area contributed by atoms with Gasteiger partial charge in [0.15, 0.2) is 0 Å². The van der Waals surface area contributed by atoms with E-state index in [2.05, 4.69) is 23.2 Å².